The Balaban J connectivity index is 2.01. The number of hydrogen-bond acceptors (Lipinski definition) is 5. The highest BCUT2D eigenvalue weighted by Crippen LogP contribution is 2.29. The van der Waals surface area contributed by atoms with Gasteiger partial charge < -0.3 is 9.84 Å². The minimum atomic E-state index is -3.68. The molecule has 1 fully saturated rings. The highest BCUT2D eigenvalue weighted by atomic mass is 32.2. The Morgan fingerprint density at radius 2 is 2.19 bits per heavy atom. The molecule has 2 heterocycles. The van der Waals surface area contributed by atoms with Crippen molar-refractivity contribution >= 4 is 16.0 Å². The van der Waals surface area contributed by atoms with Crippen LogP contribution in [-0.4, -0.2) is 49.0 Å². The Labute approximate surface area is 123 Å². The summed E-state index contributed by atoms with van der Waals surface area (Å²) in [7, 11) is -3.68. The summed E-state index contributed by atoms with van der Waals surface area (Å²) in [4.78, 5) is 10.5. The summed E-state index contributed by atoms with van der Waals surface area (Å²) >= 11 is 0. The van der Waals surface area contributed by atoms with E-state index in [2.05, 4.69) is 9.82 Å². The number of sulfonamides is 1. The molecule has 0 radical (unpaired) electrons. The van der Waals surface area contributed by atoms with Crippen LogP contribution >= 0.6 is 0 Å². The third kappa shape index (κ3) is 4.26. The van der Waals surface area contributed by atoms with Crippen molar-refractivity contribution in [1.29, 1.82) is 0 Å². The van der Waals surface area contributed by atoms with Crippen molar-refractivity contribution in [3.63, 3.8) is 0 Å². The number of hydrogen-bond donors (Lipinski definition) is 2. The maximum Gasteiger partial charge on any atom is 0.325 e. The Hall–Kier alpha value is -1.45. The van der Waals surface area contributed by atoms with Gasteiger partial charge in [0.1, 0.15) is 11.4 Å². The number of nitrogens with one attached hydrogen (secondary N) is 1. The summed E-state index contributed by atoms with van der Waals surface area (Å²) in [6.07, 6.45) is 3.96. The number of carboxylic acid groups (broad SMARTS) is 1. The molecule has 9 heteroatoms. The minimum Gasteiger partial charge on any atom is -0.480 e. The van der Waals surface area contributed by atoms with Gasteiger partial charge in [0.25, 0.3) is 0 Å². The summed E-state index contributed by atoms with van der Waals surface area (Å²) < 4.78 is 33.3. The van der Waals surface area contributed by atoms with Gasteiger partial charge in [0.2, 0.25) is 10.0 Å². The average Bonchev–Trinajstić information content (AvgIpc) is 2.86. The van der Waals surface area contributed by atoms with Gasteiger partial charge in [-0.05, 0) is 18.3 Å². The van der Waals surface area contributed by atoms with E-state index in [9.17, 15) is 13.2 Å². The average molecular weight is 317 g/mol. The van der Waals surface area contributed by atoms with E-state index in [-0.39, 0.29) is 16.9 Å². The van der Waals surface area contributed by atoms with Crippen molar-refractivity contribution in [2.45, 2.75) is 31.2 Å². The summed E-state index contributed by atoms with van der Waals surface area (Å²) in [5.74, 6) is -1.08. The van der Waals surface area contributed by atoms with E-state index in [4.69, 9.17) is 9.84 Å². The van der Waals surface area contributed by atoms with Crippen LogP contribution < -0.4 is 4.72 Å². The van der Waals surface area contributed by atoms with Crippen molar-refractivity contribution in [2.75, 3.05) is 19.8 Å². The van der Waals surface area contributed by atoms with Crippen LogP contribution in [0.2, 0.25) is 0 Å². The second kappa shape index (κ2) is 6.12. The number of nitrogens with zero attached hydrogens (tertiary/aromatic N) is 2. The highest BCUT2D eigenvalue weighted by molar-refractivity contribution is 7.89. The lowest BCUT2D eigenvalue weighted by Gasteiger charge is -2.33. The molecule has 2 rings (SSSR count). The van der Waals surface area contributed by atoms with Crippen LogP contribution in [0.1, 0.15) is 19.8 Å². The van der Waals surface area contributed by atoms with Crippen LogP contribution in [0.25, 0.3) is 0 Å². The molecule has 0 bridgehead atoms. The zero-order chi connectivity index (χ0) is 15.5. The Morgan fingerprint density at radius 3 is 2.81 bits per heavy atom. The first-order valence-electron chi connectivity index (χ1n) is 6.62. The number of aliphatic carboxylic acids is 1. The molecule has 0 aliphatic carbocycles. The molecule has 1 aromatic rings. The standard InChI is InChI=1S/C12H19N3O5S/c1-12(2-4-20-5-3-12)9-14-21(18,19)10-6-13-15(7-10)8-11(16)17/h6-7,14H,2-5,8-9H2,1H3,(H,16,17). The largest absolute Gasteiger partial charge is 0.480 e. The van der Waals surface area contributed by atoms with E-state index in [0.717, 1.165) is 23.7 Å². The van der Waals surface area contributed by atoms with Gasteiger partial charge in [0.05, 0.1) is 6.20 Å². The molecule has 1 aliphatic heterocycles. The minimum absolute atomic E-state index is 0.0283. The van der Waals surface area contributed by atoms with Crippen LogP contribution in [0.5, 0.6) is 0 Å². The van der Waals surface area contributed by atoms with E-state index in [0.29, 0.717) is 19.8 Å². The molecule has 118 valence electrons. The SMILES string of the molecule is CC1(CNS(=O)(=O)c2cnn(CC(=O)O)c2)CCOCC1. The fourth-order valence-electron chi connectivity index (χ4n) is 2.10. The fraction of sp³-hybridized carbons (Fsp3) is 0.667. The first-order chi connectivity index (χ1) is 9.81. The Bertz CT molecular complexity index is 604. The molecule has 1 saturated heterocycles. The molecule has 8 nitrogen and oxygen atoms in total. The smallest absolute Gasteiger partial charge is 0.325 e. The lowest BCUT2D eigenvalue weighted by atomic mass is 9.83. The number of ether oxygens (including phenoxy) is 1. The zero-order valence-corrected chi connectivity index (χ0v) is 12.6. The third-order valence-electron chi connectivity index (χ3n) is 3.61. The van der Waals surface area contributed by atoms with E-state index in [1.165, 1.54) is 6.20 Å². The van der Waals surface area contributed by atoms with E-state index < -0.39 is 16.0 Å². The molecular weight excluding hydrogens is 298 g/mol. The lowest BCUT2D eigenvalue weighted by molar-refractivity contribution is -0.137. The maximum absolute atomic E-state index is 12.2. The molecule has 0 unspecified atom stereocenters. The molecule has 0 atom stereocenters. The second-order valence-corrected chi connectivity index (χ2v) is 7.28. The summed E-state index contributed by atoms with van der Waals surface area (Å²) in [6, 6.07) is 0. The van der Waals surface area contributed by atoms with Gasteiger partial charge in [-0.2, -0.15) is 5.10 Å². The quantitative estimate of drug-likeness (QED) is 0.768. The predicted molar refractivity (Wildman–Crippen MR) is 73.2 cm³/mol. The monoisotopic (exact) mass is 317 g/mol. The predicted octanol–water partition coefficient (Wildman–Crippen LogP) is 0.0627. The molecule has 1 aliphatic rings. The van der Waals surface area contributed by atoms with Gasteiger partial charge in [0.15, 0.2) is 0 Å². The third-order valence-corrected chi connectivity index (χ3v) is 4.96. The Morgan fingerprint density at radius 1 is 1.52 bits per heavy atom. The molecular formula is C12H19N3O5S. The fourth-order valence-corrected chi connectivity index (χ4v) is 3.25. The molecule has 1 aromatic heterocycles. The number of carbonyl (C=O) groups is 1. The van der Waals surface area contributed by atoms with E-state index in [1.807, 2.05) is 6.92 Å². The van der Waals surface area contributed by atoms with Crippen molar-refractivity contribution < 1.29 is 23.1 Å². The highest BCUT2D eigenvalue weighted by Gasteiger charge is 2.29. The van der Waals surface area contributed by atoms with Crippen LogP contribution in [-0.2, 0) is 26.1 Å². The molecule has 0 saturated carbocycles. The Kier molecular flexibility index (Phi) is 4.64. The number of aromatic nitrogens is 2. The number of rotatable bonds is 6. The molecule has 0 spiro atoms. The summed E-state index contributed by atoms with van der Waals surface area (Å²) in [5, 5.41) is 12.4. The number of carboxylic acids is 1. The van der Waals surface area contributed by atoms with E-state index >= 15 is 0 Å². The summed E-state index contributed by atoms with van der Waals surface area (Å²) in [5.41, 5.74) is -0.123. The van der Waals surface area contributed by atoms with Crippen molar-refractivity contribution in [2.24, 2.45) is 5.41 Å². The van der Waals surface area contributed by atoms with Gasteiger partial charge in [-0.1, -0.05) is 6.92 Å². The zero-order valence-electron chi connectivity index (χ0n) is 11.8. The first-order valence-corrected chi connectivity index (χ1v) is 8.11. The van der Waals surface area contributed by atoms with E-state index in [1.54, 1.807) is 0 Å². The van der Waals surface area contributed by atoms with Crippen LogP contribution in [0.15, 0.2) is 17.3 Å². The van der Waals surface area contributed by atoms with Gasteiger partial charge in [-0.15, -0.1) is 0 Å². The molecule has 0 aromatic carbocycles. The molecule has 2 N–H and O–H groups in total. The van der Waals surface area contributed by atoms with Crippen LogP contribution in [0.3, 0.4) is 0 Å². The van der Waals surface area contributed by atoms with Crippen LogP contribution in [0.4, 0.5) is 0 Å². The molecule has 0 amide bonds. The second-order valence-electron chi connectivity index (χ2n) is 5.51. The lowest BCUT2D eigenvalue weighted by Crippen LogP contribution is -2.39. The first kappa shape index (κ1) is 15.9. The molecule has 21 heavy (non-hydrogen) atoms. The van der Waals surface area contributed by atoms with Crippen molar-refractivity contribution in [1.82, 2.24) is 14.5 Å². The van der Waals surface area contributed by atoms with Gasteiger partial charge in [0, 0.05) is 26.0 Å². The van der Waals surface area contributed by atoms with Crippen molar-refractivity contribution in [3.05, 3.63) is 12.4 Å². The topological polar surface area (TPSA) is 111 Å². The van der Waals surface area contributed by atoms with Gasteiger partial charge >= 0.3 is 5.97 Å². The van der Waals surface area contributed by atoms with Gasteiger partial charge in [-0.25, -0.2) is 13.1 Å². The normalized spacial score (nSPS) is 18.5. The van der Waals surface area contributed by atoms with Crippen LogP contribution in [0, 0.1) is 5.41 Å². The van der Waals surface area contributed by atoms with Gasteiger partial charge in [-0.3, -0.25) is 9.48 Å². The summed E-state index contributed by atoms with van der Waals surface area (Å²) in [6.45, 7) is 3.24. The van der Waals surface area contributed by atoms with Crippen molar-refractivity contribution in [3.8, 4) is 0 Å². The maximum atomic E-state index is 12.2.